The zero-order chi connectivity index (χ0) is 25.9. The van der Waals surface area contributed by atoms with E-state index in [2.05, 4.69) is 18.7 Å². The minimum atomic E-state index is -0.231. The lowest BCUT2D eigenvalue weighted by Crippen LogP contribution is -2.58. The van der Waals surface area contributed by atoms with Crippen LogP contribution in [0.15, 0.2) is 48.5 Å². The molecule has 0 radical (unpaired) electrons. The summed E-state index contributed by atoms with van der Waals surface area (Å²) in [5, 5.41) is 0. The van der Waals surface area contributed by atoms with Gasteiger partial charge in [-0.05, 0) is 62.2 Å². The highest BCUT2D eigenvalue weighted by atomic mass is 19.1. The summed E-state index contributed by atoms with van der Waals surface area (Å²) in [4.78, 5) is 29.5. The Kier molecular flexibility index (Phi) is 10.9. The second-order valence-corrected chi connectivity index (χ2v) is 10.1. The number of carbonyl (C=O) groups is 2. The van der Waals surface area contributed by atoms with Gasteiger partial charge in [0.15, 0.2) is 12.4 Å². The van der Waals surface area contributed by atoms with E-state index in [4.69, 9.17) is 4.74 Å². The largest absolute Gasteiger partial charge is 0.484 e. The maximum Gasteiger partial charge on any atom is 0.260 e. The summed E-state index contributed by atoms with van der Waals surface area (Å²) < 4.78 is 19.0. The van der Waals surface area contributed by atoms with Crippen molar-refractivity contribution in [1.29, 1.82) is 0 Å². The monoisotopic (exact) mass is 496 g/mol. The number of rotatable bonds is 13. The molecule has 0 bridgehead atoms. The molecule has 2 atom stereocenters. The van der Waals surface area contributed by atoms with E-state index in [1.807, 2.05) is 24.0 Å². The van der Waals surface area contributed by atoms with Crippen LogP contribution in [0, 0.1) is 5.82 Å². The van der Waals surface area contributed by atoms with Gasteiger partial charge in [0.1, 0.15) is 11.6 Å². The molecule has 6 heteroatoms. The predicted octanol–water partition coefficient (Wildman–Crippen LogP) is 6.26. The number of hydrogen-bond acceptors (Lipinski definition) is 4. The molecule has 1 fully saturated rings. The van der Waals surface area contributed by atoms with Gasteiger partial charge in [-0.15, -0.1) is 0 Å². The van der Waals surface area contributed by atoms with Crippen molar-refractivity contribution in [2.45, 2.75) is 84.3 Å². The van der Waals surface area contributed by atoms with Gasteiger partial charge in [-0.1, -0.05) is 51.2 Å². The summed E-state index contributed by atoms with van der Waals surface area (Å²) in [6.45, 7) is 8.43. The number of Topliss-reactive ketones (excluding diaryl/α,β-unsaturated/α-hetero) is 1. The average molecular weight is 497 g/mol. The smallest absolute Gasteiger partial charge is 0.260 e. The number of unbranched alkanes of at least 4 members (excludes halogenated alkanes) is 5. The van der Waals surface area contributed by atoms with Crippen LogP contribution in [0.5, 0.6) is 5.75 Å². The molecule has 1 aliphatic heterocycles. The Morgan fingerprint density at radius 2 is 1.56 bits per heavy atom. The SMILES string of the molecule is CCCCCCCCC(=O)c1ccc(OCC(=O)N2CC(C)N(Cc3ccc(F)cc3)CC2C)cc1. The van der Waals surface area contributed by atoms with Crippen LogP contribution in [0.1, 0.15) is 81.6 Å². The lowest BCUT2D eigenvalue weighted by Gasteiger charge is -2.44. The van der Waals surface area contributed by atoms with Gasteiger partial charge in [0, 0.05) is 43.7 Å². The van der Waals surface area contributed by atoms with Crippen LogP contribution in [0.25, 0.3) is 0 Å². The van der Waals surface area contributed by atoms with Crippen LogP contribution in [0.4, 0.5) is 4.39 Å². The third-order valence-corrected chi connectivity index (χ3v) is 7.03. The van der Waals surface area contributed by atoms with Crippen molar-refractivity contribution in [3.63, 3.8) is 0 Å². The van der Waals surface area contributed by atoms with Gasteiger partial charge in [-0.3, -0.25) is 14.5 Å². The summed E-state index contributed by atoms with van der Waals surface area (Å²) in [7, 11) is 0. The van der Waals surface area contributed by atoms with Gasteiger partial charge >= 0.3 is 0 Å². The minimum Gasteiger partial charge on any atom is -0.484 e. The highest BCUT2D eigenvalue weighted by molar-refractivity contribution is 5.96. The van der Waals surface area contributed by atoms with Gasteiger partial charge < -0.3 is 9.64 Å². The van der Waals surface area contributed by atoms with Crippen molar-refractivity contribution in [2.75, 3.05) is 19.7 Å². The summed E-state index contributed by atoms with van der Waals surface area (Å²) >= 11 is 0. The Bertz CT molecular complexity index is 961. The third-order valence-electron chi connectivity index (χ3n) is 7.03. The number of halogens is 1. The predicted molar refractivity (Wildman–Crippen MR) is 142 cm³/mol. The van der Waals surface area contributed by atoms with E-state index in [0.29, 0.717) is 24.3 Å². The molecule has 2 aromatic carbocycles. The number of benzene rings is 2. The quantitative estimate of drug-likeness (QED) is 0.243. The van der Waals surface area contributed by atoms with Gasteiger partial charge in [0.05, 0.1) is 0 Å². The Morgan fingerprint density at radius 3 is 2.25 bits per heavy atom. The Hall–Kier alpha value is -2.73. The normalized spacial score (nSPS) is 18.3. The maximum absolute atomic E-state index is 13.2. The number of carbonyl (C=O) groups excluding carboxylic acids is 2. The molecular weight excluding hydrogens is 455 g/mol. The first-order valence-electron chi connectivity index (χ1n) is 13.4. The molecule has 2 unspecified atom stereocenters. The topological polar surface area (TPSA) is 49.9 Å². The second kappa shape index (κ2) is 14.1. The highest BCUT2D eigenvalue weighted by Gasteiger charge is 2.32. The summed E-state index contributed by atoms with van der Waals surface area (Å²) in [5.74, 6) is 0.480. The number of piperazine rings is 1. The third kappa shape index (κ3) is 8.44. The molecule has 0 aromatic heterocycles. The Morgan fingerprint density at radius 1 is 0.889 bits per heavy atom. The number of amides is 1. The fourth-order valence-corrected chi connectivity index (χ4v) is 4.77. The molecule has 0 aliphatic carbocycles. The van der Waals surface area contributed by atoms with Crippen molar-refractivity contribution < 1.29 is 18.7 Å². The average Bonchev–Trinajstić information content (AvgIpc) is 2.88. The van der Waals surface area contributed by atoms with E-state index >= 15 is 0 Å². The summed E-state index contributed by atoms with van der Waals surface area (Å²) in [6, 6.07) is 14.0. The molecule has 0 saturated carbocycles. The van der Waals surface area contributed by atoms with Gasteiger partial charge in [-0.25, -0.2) is 4.39 Å². The molecule has 0 N–H and O–H groups in total. The van der Waals surface area contributed by atoms with Crippen LogP contribution in [-0.4, -0.2) is 53.3 Å². The van der Waals surface area contributed by atoms with Crippen LogP contribution in [-0.2, 0) is 11.3 Å². The van der Waals surface area contributed by atoms with Gasteiger partial charge in [-0.2, -0.15) is 0 Å². The van der Waals surface area contributed by atoms with Crippen LogP contribution in [0.3, 0.4) is 0 Å². The Labute approximate surface area is 215 Å². The fraction of sp³-hybridized carbons (Fsp3) is 0.533. The van der Waals surface area contributed by atoms with Crippen LogP contribution >= 0.6 is 0 Å². The zero-order valence-corrected chi connectivity index (χ0v) is 22.0. The van der Waals surface area contributed by atoms with Crippen LogP contribution in [0.2, 0.25) is 0 Å². The minimum absolute atomic E-state index is 0.0277. The Balaban J connectivity index is 1.42. The van der Waals surface area contributed by atoms with Crippen molar-refractivity contribution in [2.24, 2.45) is 0 Å². The molecule has 5 nitrogen and oxygen atoms in total. The van der Waals surface area contributed by atoms with E-state index in [1.165, 1.54) is 37.8 Å². The summed E-state index contributed by atoms with van der Waals surface area (Å²) in [5.41, 5.74) is 1.76. The first-order valence-corrected chi connectivity index (χ1v) is 13.4. The van der Waals surface area contributed by atoms with Crippen LogP contribution < -0.4 is 4.74 Å². The van der Waals surface area contributed by atoms with Crippen molar-refractivity contribution >= 4 is 11.7 Å². The molecule has 1 heterocycles. The zero-order valence-electron chi connectivity index (χ0n) is 22.0. The first-order chi connectivity index (χ1) is 17.4. The lowest BCUT2D eigenvalue weighted by atomic mass is 10.0. The van der Waals surface area contributed by atoms with Gasteiger partial charge in [0.25, 0.3) is 5.91 Å². The summed E-state index contributed by atoms with van der Waals surface area (Å²) in [6.07, 6.45) is 7.56. The molecule has 1 aliphatic rings. The molecule has 0 spiro atoms. The van der Waals surface area contributed by atoms with E-state index in [0.717, 1.165) is 31.5 Å². The van der Waals surface area contributed by atoms with Crippen molar-refractivity contribution in [3.8, 4) is 5.75 Å². The molecule has 36 heavy (non-hydrogen) atoms. The molecule has 1 saturated heterocycles. The molecular formula is C30H41FN2O3. The van der Waals surface area contributed by atoms with Gasteiger partial charge in [0.2, 0.25) is 0 Å². The molecule has 1 amide bonds. The van der Waals surface area contributed by atoms with E-state index in [-0.39, 0.29) is 36.2 Å². The number of ketones is 1. The lowest BCUT2D eigenvalue weighted by molar-refractivity contribution is -0.139. The molecule has 196 valence electrons. The molecule has 3 rings (SSSR count). The number of hydrogen-bond donors (Lipinski definition) is 0. The van der Waals surface area contributed by atoms with E-state index in [1.54, 1.807) is 24.3 Å². The highest BCUT2D eigenvalue weighted by Crippen LogP contribution is 2.20. The fourth-order valence-electron chi connectivity index (χ4n) is 4.77. The first kappa shape index (κ1) is 27.9. The van der Waals surface area contributed by atoms with Crippen molar-refractivity contribution in [1.82, 2.24) is 9.80 Å². The molecule has 2 aromatic rings. The van der Waals surface area contributed by atoms with E-state index in [9.17, 15) is 14.0 Å². The van der Waals surface area contributed by atoms with E-state index < -0.39 is 0 Å². The number of ether oxygens (including phenoxy) is 1. The van der Waals surface area contributed by atoms with Crippen molar-refractivity contribution in [3.05, 3.63) is 65.5 Å². The second-order valence-electron chi connectivity index (χ2n) is 10.1. The maximum atomic E-state index is 13.2. The number of nitrogens with zero attached hydrogens (tertiary/aromatic N) is 2. The standard InChI is InChI=1S/C30H41FN2O3/c1-4-5-6-7-8-9-10-29(34)26-13-17-28(18-14-26)36-22-30(35)33-20-23(2)32(19-24(33)3)21-25-11-15-27(31)16-12-25/h11-18,23-24H,4-10,19-22H2,1-3H3.